The van der Waals surface area contributed by atoms with Crippen LogP contribution >= 0.6 is 11.3 Å². The number of hydrogen-bond acceptors (Lipinski definition) is 6. The Balaban J connectivity index is 1.40. The summed E-state index contributed by atoms with van der Waals surface area (Å²) in [7, 11) is 0. The molecule has 0 unspecified atom stereocenters. The molecule has 0 N–H and O–H groups in total. The summed E-state index contributed by atoms with van der Waals surface area (Å²) in [5.41, 5.74) is 0.936. The van der Waals surface area contributed by atoms with E-state index in [1.807, 2.05) is 22.9 Å². The molecular formula is C17H15N3O3S. The van der Waals surface area contributed by atoms with Crippen LogP contribution in [0.4, 0.5) is 0 Å². The van der Waals surface area contributed by atoms with E-state index in [1.54, 1.807) is 34.6 Å². The fourth-order valence-corrected chi connectivity index (χ4v) is 3.35. The third-order valence-electron chi connectivity index (χ3n) is 4.01. The number of hydrogen-bond donors (Lipinski definition) is 0. The van der Waals surface area contributed by atoms with Crippen molar-refractivity contribution in [3.63, 3.8) is 0 Å². The first-order valence-electron chi connectivity index (χ1n) is 7.66. The molecule has 1 fully saturated rings. The monoisotopic (exact) mass is 341 g/mol. The van der Waals surface area contributed by atoms with Crippen molar-refractivity contribution >= 4 is 23.3 Å². The summed E-state index contributed by atoms with van der Waals surface area (Å²) >= 11 is 1.59. The minimum atomic E-state index is -0.0320. The SMILES string of the molecule is O=C(/C=C/c1ccco1)N1CC[C@@H](c2noc(-c3ccsc3)n2)C1. The molecule has 4 heterocycles. The lowest BCUT2D eigenvalue weighted by molar-refractivity contribution is -0.125. The lowest BCUT2D eigenvalue weighted by atomic mass is 10.1. The van der Waals surface area contributed by atoms with Crippen LogP contribution in [0, 0.1) is 0 Å². The zero-order valence-electron chi connectivity index (χ0n) is 12.8. The Labute approximate surface area is 142 Å². The molecule has 0 aromatic carbocycles. The van der Waals surface area contributed by atoms with Crippen molar-refractivity contribution < 1.29 is 13.7 Å². The fraction of sp³-hybridized carbons (Fsp3) is 0.235. The highest BCUT2D eigenvalue weighted by atomic mass is 32.1. The predicted octanol–water partition coefficient (Wildman–Crippen LogP) is 3.42. The van der Waals surface area contributed by atoms with E-state index in [9.17, 15) is 4.79 Å². The third-order valence-corrected chi connectivity index (χ3v) is 4.69. The van der Waals surface area contributed by atoms with Crippen molar-refractivity contribution in [2.45, 2.75) is 12.3 Å². The van der Waals surface area contributed by atoms with Crippen molar-refractivity contribution in [1.82, 2.24) is 15.0 Å². The smallest absolute Gasteiger partial charge is 0.258 e. The van der Waals surface area contributed by atoms with Gasteiger partial charge in [-0.1, -0.05) is 5.16 Å². The number of carbonyl (C=O) groups is 1. The molecule has 1 aliphatic rings. The van der Waals surface area contributed by atoms with Crippen LogP contribution in [-0.2, 0) is 4.79 Å². The van der Waals surface area contributed by atoms with Gasteiger partial charge in [0.25, 0.3) is 5.89 Å². The Morgan fingerprint density at radius 1 is 1.42 bits per heavy atom. The van der Waals surface area contributed by atoms with Gasteiger partial charge in [-0.15, -0.1) is 0 Å². The van der Waals surface area contributed by atoms with Gasteiger partial charge in [0, 0.05) is 30.5 Å². The Kier molecular flexibility index (Phi) is 4.00. The summed E-state index contributed by atoms with van der Waals surface area (Å²) in [6.45, 7) is 1.29. The minimum Gasteiger partial charge on any atom is -0.465 e. The number of likely N-dealkylation sites (tertiary alicyclic amines) is 1. The number of rotatable bonds is 4. The van der Waals surface area contributed by atoms with Gasteiger partial charge in [-0.05, 0) is 36.1 Å². The number of aromatic nitrogens is 2. The van der Waals surface area contributed by atoms with E-state index in [0.717, 1.165) is 12.0 Å². The number of furan rings is 1. The van der Waals surface area contributed by atoms with Crippen LogP contribution in [-0.4, -0.2) is 34.0 Å². The summed E-state index contributed by atoms with van der Waals surface area (Å²) in [4.78, 5) is 18.5. The molecule has 3 aromatic heterocycles. The zero-order valence-corrected chi connectivity index (χ0v) is 13.6. The third kappa shape index (κ3) is 3.03. The lowest BCUT2D eigenvalue weighted by Gasteiger charge is -2.12. The number of thiophene rings is 1. The second kappa shape index (κ2) is 6.45. The first kappa shape index (κ1) is 14.9. The van der Waals surface area contributed by atoms with Crippen LogP contribution in [0.25, 0.3) is 17.5 Å². The standard InChI is InChI=1S/C17H15N3O3S/c21-15(4-3-14-2-1-8-22-14)20-7-5-12(10-20)16-18-17(23-19-16)13-6-9-24-11-13/h1-4,6,8-9,11-12H,5,7,10H2/b4-3+/t12-/m1/s1. The van der Waals surface area contributed by atoms with Crippen molar-refractivity contribution in [2.24, 2.45) is 0 Å². The maximum Gasteiger partial charge on any atom is 0.258 e. The minimum absolute atomic E-state index is 0.0320. The molecule has 0 radical (unpaired) electrons. The van der Waals surface area contributed by atoms with Crippen LogP contribution in [0.2, 0.25) is 0 Å². The van der Waals surface area contributed by atoms with Crippen LogP contribution in [0.3, 0.4) is 0 Å². The van der Waals surface area contributed by atoms with E-state index in [0.29, 0.717) is 30.6 Å². The highest BCUT2D eigenvalue weighted by molar-refractivity contribution is 7.08. The maximum absolute atomic E-state index is 12.2. The van der Waals surface area contributed by atoms with E-state index in [2.05, 4.69) is 10.1 Å². The predicted molar refractivity (Wildman–Crippen MR) is 89.3 cm³/mol. The van der Waals surface area contributed by atoms with E-state index in [1.165, 1.54) is 6.08 Å². The molecule has 0 spiro atoms. The Morgan fingerprint density at radius 2 is 2.38 bits per heavy atom. The van der Waals surface area contributed by atoms with Crippen LogP contribution in [0.1, 0.15) is 23.9 Å². The molecule has 1 saturated heterocycles. The van der Waals surface area contributed by atoms with Gasteiger partial charge in [0.1, 0.15) is 5.76 Å². The molecule has 7 heteroatoms. The largest absolute Gasteiger partial charge is 0.465 e. The average molecular weight is 341 g/mol. The second-order valence-corrected chi connectivity index (χ2v) is 6.37. The Hall–Kier alpha value is -2.67. The summed E-state index contributed by atoms with van der Waals surface area (Å²) in [6.07, 6.45) is 5.63. The molecular weight excluding hydrogens is 326 g/mol. The highest BCUT2D eigenvalue weighted by Crippen LogP contribution is 2.28. The molecule has 6 nitrogen and oxygen atoms in total. The van der Waals surface area contributed by atoms with Gasteiger partial charge in [-0.2, -0.15) is 16.3 Å². The van der Waals surface area contributed by atoms with E-state index >= 15 is 0 Å². The van der Waals surface area contributed by atoms with Crippen molar-refractivity contribution in [3.05, 3.63) is 52.9 Å². The highest BCUT2D eigenvalue weighted by Gasteiger charge is 2.29. The van der Waals surface area contributed by atoms with Crippen LogP contribution < -0.4 is 0 Å². The lowest BCUT2D eigenvalue weighted by Crippen LogP contribution is -2.26. The van der Waals surface area contributed by atoms with Crippen molar-refractivity contribution in [3.8, 4) is 11.5 Å². The van der Waals surface area contributed by atoms with Gasteiger partial charge in [-0.25, -0.2) is 0 Å². The van der Waals surface area contributed by atoms with E-state index in [4.69, 9.17) is 8.94 Å². The fourth-order valence-electron chi connectivity index (χ4n) is 2.72. The van der Waals surface area contributed by atoms with Crippen LogP contribution in [0.5, 0.6) is 0 Å². The number of nitrogens with zero attached hydrogens (tertiary/aromatic N) is 3. The number of amides is 1. The van der Waals surface area contributed by atoms with Gasteiger partial charge in [0.2, 0.25) is 5.91 Å². The van der Waals surface area contributed by atoms with E-state index in [-0.39, 0.29) is 11.8 Å². The topological polar surface area (TPSA) is 72.4 Å². The van der Waals surface area contributed by atoms with Gasteiger partial charge in [0.15, 0.2) is 5.82 Å². The summed E-state index contributed by atoms with van der Waals surface area (Å²) in [5.74, 6) is 1.95. The zero-order chi connectivity index (χ0) is 16.4. The summed E-state index contributed by atoms with van der Waals surface area (Å²) in [6, 6.07) is 5.55. The second-order valence-electron chi connectivity index (χ2n) is 5.59. The molecule has 24 heavy (non-hydrogen) atoms. The number of carbonyl (C=O) groups excluding carboxylic acids is 1. The quantitative estimate of drug-likeness (QED) is 0.680. The molecule has 0 bridgehead atoms. The summed E-state index contributed by atoms with van der Waals surface area (Å²) in [5, 5.41) is 8.03. The van der Waals surface area contributed by atoms with Crippen LogP contribution in [0.15, 0.2) is 50.2 Å². The van der Waals surface area contributed by atoms with Gasteiger partial charge < -0.3 is 13.8 Å². The normalized spacial score (nSPS) is 17.8. The molecule has 0 aliphatic carbocycles. The van der Waals surface area contributed by atoms with Gasteiger partial charge in [-0.3, -0.25) is 4.79 Å². The first-order valence-corrected chi connectivity index (χ1v) is 8.60. The average Bonchev–Trinajstić information content (AvgIpc) is 3.40. The Morgan fingerprint density at radius 3 is 3.17 bits per heavy atom. The summed E-state index contributed by atoms with van der Waals surface area (Å²) < 4.78 is 10.5. The van der Waals surface area contributed by atoms with Crippen molar-refractivity contribution in [1.29, 1.82) is 0 Å². The molecule has 0 saturated carbocycles. The molecule has 1 atom stereocenters. The Bertz CT molecular complexity index is 836. The molecule has 1 amide bonds. The van der Waals surface area contributed by atoms with Gasteiger partial charge >= 0.3 is 0 Å². The molecule has 4 rings (SSSR count). The first-order chi connectivity index (χ1) is 11.8. The van der Waals surface area contributed by atoms with E-state index < -0.39 is 0 Å². The molecule has 1 aliphatic heterocycles. The molecule has 122 valence electrons. The maximum atomic E-state index is 12.2. The van der Waals surface area contributed by atoms with Gasteiger partial charge in [0.05, 0.1) is 11.8 Å². The van der Waals surface area contributed by atoms with Crippen molar-refractivity contribution in [2.75, 3.05) is 13.1 Å². The molecule has 3 aromatic rings.